The monoisotopic (exact) mass is 191 g/mol. The van der Waals surface area contributed by atoms with E-state index in [0.717, 1.165) is 6.42 Å². The third kappa shape index (κ3) is 6.52. The van der Waals surface area contributed by atoms with Crippen LogP contribution in [0.5, 0.6) is 0 Å². The molecule has 0 bridgehead atoms. The molecule has 0 saturated carbocycles. The zero-order chi connectivity index (χ0) is 9.40. The minimum Gasteiger partial charge on any atom is -0.393 e. The van der Waals surface area contributed by atoms with Gasteiger partial charge in [-0.25, -0.2) is 0 Å². The third-order valence-electron chi connectivity index (χ3n) is 1.33. The van der Waals surface area contributed by atoms with Crippen LogP contribution in [0.25, 0.3) is 0 Å². The summed E-state index contributed by atoms with van der Waals surface area (Å²) in [6.07, 6.45) is 1.28. The van der Waals surface area contributed by atoms with E-state index in [2.05, 4.69) is 0 Å². The average molecular weight is 191 g/mol. The van der Waals surface area contributed by atoms with Crippen LogP contribution < -0.4 is 5.73 Å². The highest BCUT2D eigenvalue weighted by Gasteiger charge is 2.07. The van der Waals surface area contributed by atoms with E-state index < -0.39 is 0 Å². The second-order valence-corrected chi connectivity index (χ2v) is 2.87. The van der Waals surface area contributed by atoms with E-state index in [1.54, 1.807) is 0 Å². The van der Waals surface area contributed by atoms with Crippen LogP contribution in [0.15, 0.2) is 0 Å². The van der Waals surface area contributed by atoms with Crippen molar-refractivity contribution in [2.24, 2.45) is 5.73 Å². The van der Waals surface area contributed by atoms with Crippen molar-refractivity contribution in [3.63, 3.8) is 0 Å². The van der Waals surface area contributed by atoms with E-state index in [4.69, 9.17) is 27.4 Å². The molecule has 4 heteroatoms. The molecule has 0 spiro atoms. The molecular weight excluding hydrogens is 174 g/mol. The Morgan fingerprint density at radius 3 is 2.17 bits per heavy atom. The second kappa shape index (κ2) is 7.46. The van der Waals surface area contributed by atoms with Crippen molar-refractivity contribution in [3.8, 4) is 0 Å². The Bertz CT molecular complexity index is 124. The molecule has 0 rings (SSSR count). The summed E-state index contributed by atoms with van der Waals surface area (Å²) in [5, 5.41) is 0. The first-order chi connectivity index (χ1) is 5.70. The molecule has 0 aromatic rings. The third-order valence-corrected chi connectivity index (χ3v) is 1.54. The molecule has 72 valence electrons. The van der Waals surface area contributed by atoms with Crippen LogP contribution in [0, 0.1) is 0 Å². The van der Waals surface area contributed by atoms with E-state index >= 15 is 0 Å². The van der Waals surface area contributed by atoms with E-state index in [0.29, 0.717) is 24.6 Å². The molecule has 0 saturated heterocycles. The average Bonchev–Trinajstić information content (AvgIpc) is 2.01. The molecule has 0 fully saturated rings. The van der Waals surface area contributed by atoms with Crippen molar-refractivity contribution < 1.29 is 9.47 Å². The molecule has 0 aliphatic heterocycles. The van der Waals surface area contributed by atoms with Crippen LogP contribution in [0.1, 0.15) is 26.7 Å². The lowest BCUT2D eigenvalue weighted by Gasteiger charge is -2.15. The molecule has 0 aliphatic carbocycles. The molecule has 0 aromatic carbocycles. The first kappa shape index (κ1) is 11.8. The van der Waals surface area contributed by atoms with Crippen LogP contribution in [0.3, 0.4) is 0 Å². The second-order valence-electron chi connectivity index (χ2n) is 2.35. The van der Waals surface area contributed by atoms with Crippen molar-refractivity contribution in [3.05, 3.63) is 0 Å². The maximum atomic E-state index is 5.35. The van der Waals surface area contributed by atoms with Gasteiger partial charge in [-0.2, -0.15) is 0 Å². The Hall–Kier alpha value is -0.190. The molecule has 2 N–H and O–H groups in total. The first-order valence-corrected chi connectivity index (χ1v) is 4.63. The summed E-state index contributed by atoms with van der Waals surface area (Å²) in [6, 6.07) is 0. The molecule has 0 heterocycles. The molecule has 3 nitrogen and oxygen atoms in total. The lowest BCUT2D eigenvalue weighted by Crippen LogP contribution is -2.20. The molecule has 0 unspecified atom stereocenters. The Kier molecular flexibility index (Phi) is 7.34. The highest BCUT2D eigenvalue weighted by molar-refractivity contribution is 7.80. The minimum atomic E-state index is -0.151. The van der Waals surface area contributed by atoms with Crippen LogP contribution in [0.4, 0.5) is 0 Å². The van der Waals surface area contributed by atoms with Crippen LogP contribution >= 0.6 is 12.2 Å². The highest BCUT2D eigenvalue weighted by atomic mass is 32.1. The van der Waals surface area contributed by atoms with Crippen molar-refractivity contribution in [1.82, 2.24) is 0 Å². The summed E-state index contributed by atoms with van der Waals surface area (Å²) in [4.78, 5) is 0.513. The van der Waals surface area contributed by atoms with Gasteiger partial charge in [-0.15, -0.1) is 0 Å². The topological polar surface area (TPSA) is 44.5 Å². The summed E-state index contributed by atoms with van der Waals surface area (Å²) in [6.45, 7) is 5.18. The van der Waals surface area contributed by atoms with Crippen molar-refractivity contribution in [2.45, 2.75) is 33.0 Å². The molecule has 0 aromatic heterocycles. The largest absolute Gasteiger partial charge is 0.393 e. The Balaban J connectivity index is 3.54. The van der Waals surface area contributed by atoms with E-state index in [9.17, 15) is 0 Å². The maximum absolute atomic E-state index is 5.35. The lowest BCUT2D eigenvalue weighted by atomic mass is 10.3. The van der Waals surface area contributed by atoms with Gasteiger partial charge in [-0.1, -0.05) is 12.2 Å². The number of hydrogen-bond acceptors (Lipinski definition) is 3. The van der Waals surface area contributed by atoms with E-state index in [-0.39, 0.29) is 6.29 Å². The molecule has 0 amide bonds. The van der Waals surface area contributed by atoms with Gasteiger partial charge in [0.2, 0.25) is 0 Å². The molecule has 12 heavy (non-hydrogen) atoms. The Morgan fingerprint density at radius 2 is 1.83 bits per heavy atom. The van der Waals surface area contributed by atoms with E-state index in [1.807, 2.05) is 13.8 Å². The smallest absolute Gasteiger partial charge is 0.157 e. The number of nitrogens with two attached hydrogens (primary N) is 1. The van der Waals surface area contributed by atoms with Gasteiger partial charge in [0.1, 0.15) is 0 Å². The summed E-state index contributed by atoms with van der Waals surface area (Å²) in [7, 11) is 0. The minimum absolute atomic E-state index is 0.151. The quantitative estimate of drug-likeness (QED) is 0.488. The Labute approximate surface area is 79.2 Å². The fourth-order valence-corrected chi connectivity index (χ4v) is 0.965. The molecular formula is C8H17NO2S. The molecule has 0 atom stereocenters. The van der Waals surface area contributed by atoms with Gasteiger partial charge in [-0.05, 0) is 13.8 Å². The van der Waals surface area contributed by atoms with Crippen LogP contribution in [-0.2, 0) is 9.47 Å². The van der Waals surface area contributed by atoms with Gasteiger partial charge >= 0.3 is 0 Å². The predicted octanol–water partition coefficient (Wildman–Crippen LogP) is 1.45. The fraction of sp³-hybridized carbons (Fsp3) is 0.875. The summed E-state index contributed by atoms with van der Waals surface area (Å²) >= 11 is 4.75. The SMILES string of the molecule is CCOC(CCC(N)=S)OCC. The lowest BCUT2D eigenvalue weighted by molar-refractivity contribution is -0.138. The maximum Gasteiger partial charge on any atom is 0.157 e. The molecule has 0 aliphatic rings. The van der Waals surface area contributed by atoms with Gasteiger partial charge in [0.05, 0.1) is 4.99 Å². The van der Waals surface area contributed by atoms with Gasteiger partial charge < -0.3 is 15.2 Å². The van der Waals surface area contributed by atoms with Crippen molar-refractivity contribution in [1.29, 1.82) is 0 Å². The normalized spacial score (nSPS) is 10.6. The molecule has 0 radical (unpaired) electrons. The summed E-state index contributed by atoms with van der Waals surface area (Å²) in [5.41, 5.74) is 5.35. The van der Waals surface area contributed by atoms with Gasteiger partial charge in [0.15, 0.2) is 6.29 Å². The highest BCUT2D eigenvalue weighted by Crippen LogP contribution is 2.04. The van der Waals surface area contributed by atoms with Crippen molar-refractivity contribution >= 4 is 17.2 Å². The van der Waals surface area contributed by atoms with E-state index in [1.165, 1.54) is 0 Å². The zero-order valence-corrected chi connectivity index (χ0v) is 8.52. The van der Waals surface area contributed by atoms with Gasteiger partial charge in [0, 0.05) is 26.1 Å². The number of ether oxygens (including phenoxy) is 2. The Morgan fingerprint density at radius 1 is 1.33 bits per heavy atom. The predicted molar refractivity (Wildman–Crippen MR) is 53.1 cm³/mol. The summed E-state index contributed by atoms with van der Waals surface area (Å²) < 4.78 is 10.6. The number of hydrogen-bond donors (Lipinski definition) is 1. The standard InChI is InChI=1S/C8H17NO2S/c1-3-10-8(11-4-2)6-5-7(9)12/h8H,3-6H2,1-2H3,(H2,9,12). The number of rotatable bonds is 7. The van der Waals surface area contributed by atoms with Crippen LogP contribution in [-0.4, -0.2) is 24.5 Å². The zero-order valence-electron chi connectivity index (χ0n) is 7.71. The van der Waals surface area contributed by atoms with Crippen molar-refractivity contribution in [2.75, 3.05) is 13.2 Å². The van der Waals surface area contributed by atoms with Gasteiger partial charge in [-0.3, -0.25) is 0 Å². The fourth-order valence-electron chi connectivity index (χ4n) is 0.847. The van der Waals surface area contributed by atoms with Crippen LogP contribution in [0.2, 0.25) is 0 Å². The number of thiocarbonyl (C=S) groups is 1. The van der Waals surface area contributed by atoms with Gasteiger partial charge in [0.25, 0.3) is 0 Å². The first-order valence-electron chi connectivity index (χ1n) is 4.22. The summed E-state index contributed by atoms with van der Waals surface area (Å²) in [5.74, 6) is 0.